The van der Waals surface area contributed by atoms with Gasteiger partial charge in [-0.1, -0.05) is 26.0 Å². The van der Waals surface area contributed by atoms with E-state index in [1.807, 2.05) is 42.3 Å². The van der Waals surface area contributed by atoms with Crippen LogP contribution in [0.4, 0.5) is 0 Å². The van der Waals surface area contributed by atoms with E-state index in [9.17, 15) is 4.79 Å². The lowest BCUT2D eigenvalue weighted by Crippen LogP contribution is -2.40. The Hall–Kier alpha value is -2.63. The molecule has 3 heterocycles. The summed E-state index contributed by atoms with van der Waals surface area (Å²) in [6, 6.07) is 10.0. The molecule has 0 radical (unpaired) electrons. The summed E-state index contributed by atoms with van der Waals surface area (Å²) in [6.07, 6.45) is 2.93. The number of piperidine rings is 1. The van der Waals surface area contributed by atoms with Gasteiger partial charge in [0.15, 0.2) is 0 Å². The molecule has 0 spiro atoms. The molecule has 1 saturated heterocycles. The monoisotopic (exact) mass is 365 g/mol. The van der Waals surface area contributed by atoms with Crippen LogP contribution in [0.25, 0.3) is 11.0 Å². The predicted octanol–water partition coefficient (Wildman–Crippen LogP) is 3.51. The molecule has 1 aromatic carbocycles. The number of aryl methyl sites for hydroxylation is 1. The number of benzene rings is 1. The average molecular weight is 365 g/mol. The molecule has 1 aliphatic rings. The molecule has 0 aliphatic carbocycles. The number of rotatable bonds is 4. The predicted molar refractivity (Wildman–Crippen MR) is 106 cm³/mol. The molecular weight excluding hydrogens is 338 g/mol. The summed E-state index contributed by atoms with van der Waals surface area (Å²) in [4.78, 5) is 23.2. The van der Waals surface area contributed by atoms with Crippen LogP contribution < -0.4 is 0 Å². The van der Waals surface area contributed by atoms with Crippen molar-refractivity contribution in [1.29, 1.82) is 0 Å². The maximum atomic E-state index is 13.1. The van der Waals surface area contributed by atoms with Crippen molar-refractivity contribution >= 4 is 16.9 Å². The van der Waals surface area contributed by atoms with Crippen molar-refractivity contribution in [3.8, 4) is 0 Å². The molecule has 3 aromatic rings. The average Bonchev–Trinajstić information content (AvgIpc) is 3.24. The summed E-state index contributed by atoms with van der Waals surface area (Å²) in [6.45, 7) is 5.82. The number of carbonyl (C=O) groups is 1. The van der Waals surface area contributed by atoms with Crippen LogP contribution >= 0.6 is 0 Å². The first kappa shape index (κ1) is 17.8. The van der Waals surface area contributed by atoms with Crippen LogP contribution in [0, 0.1) is 5.92 Å². The summed E-state index contributed by atoms with van der Waals surface area (Å²) >= 11 is 0. The second-order valence-electron chi connectivity index (χ2n) is 7.97. The maximum absolute atomic E-state index is 13.1. The van der Waals surface area contributed by atoms with Crippen molar-refractivity contribution in [2.24, 2.45) is 13.0 Å². The molecule has 142 valence electrons. The van der Waals surface area contributed by atoms with E-state index in [1.165, 1.54) is 0 Å². The third kappa shape index (κ3) is 3.61. The third-order valence-corrected chi connectivity index (χ3v) is 5.27. The number of amides is 1. The summed E-state index contributed by atoms with van der Waals surface area (Å²) in [5.41, 5.74) is 3.71. The van der Waals surface area contributed by atoms with Gasteiger partial charge in [0.1, 0.15) is 11.5 Å². The molecule has 1 aliphatic heterocycles. The molecule has 6 heteroatoms. The highest BCUT2D eigenvalue weighted by Crippen LogP contribution is 2.27. The van der Waals surface area contributed by atoms with Crippen LogP contribution in [0.2, 0.25) is 0 Å². The fourth-order valence-electron chi connectivity index (χ4n) is 3.96. The minimum Gasteiger partial charge on any atom is -0.342 e. The minimum atomic E-state index is 0.0702. The van der Waals surface area contributed by atoms with E-state index < -0.39 is 0 Å². The van der Waals surface area contributed by atoms with Gasteiger partial charge in [0.05, 0.1) is 16.7 Å². The van der Waals surface area contributed by atoms with Gasteiger partial charge < -0.3 is 9.88 Å². The number of para-hydroxylation sites is 2. The van der Waals surface area contributed by atoms with Crippen LogP contribution in [0.15, 0.2) is 30.3 Å². The third-order valence-electron chi connectivity index (χ3n) is 5.27. The molecule has 1 amide bonds. The second kappa shape index (κ2) is 7.18. The van der Waals surface area contributed by atoms with E-state index >= 15 is 0 Å². The number of imidazole rings is 1. The molecule has 0 saturated carbocycles. The second-order valence-corrected chi connectivity index (χ2v) is 7.97. The number of fused-ring (bicyclic) bond motifs is 1. The topological polar surface area (TPSA) is 66.8 Å². The Labute approximate surface area is 159 Å². The SMILES string of the molecule is CC(C)Cc1cc(C(=O)N2CCCC(c3nc4ccccc4[nH]3)C2)n(C)n1. The number of aromatic amines is 1. The number of likely N-dealkylation sites (tertiary alicyclic amines) is 1. The van der Waals surface area contributed by atoms with Crippen LogP contribution in [-0.4, -0.2) is 43.6 Å². The molecule has 1 unspecified atom stereocenters. The first-order valence-electron chi connectivity index (χ1n) is 9.78. The molecule has 1 atom stereocenters. The molecule has 27 heavy (non-hydrogen) atoms. The van der Waals surface area contributed by atoms with Gasteiger partial charge in [0.2, 0.25) is 0 Å². The molecule has 6 nitrogen and oxygen atoms in total. The van der Waals surface area contributed by atoms with Gasteiger partial charge in [-0.3, -0.25) is 9.48 Å². The lowest BCUT2D eigenvalue weighted by Gasteiger charge is -2.31. The standard InChI is InChI=1S/C21H27N5O/c1-14(2)11-16-12-19(25(3)24-16)21(27)26-10-6-7-15(13-26)20-22-17-8-4-5-9-18(17)23-20/h4-5,8-9,12,14-15H,6-7,10-11,13H2,1-3H3,(H,22,23). The molecule has 1 fully saturated rings. The zero-order valence-electron chi connectivity index (χ0n) is 16.3. The Morgan fingerprint density at radius 2 is 2.15 bits per heavy atom. The summed E-state index contributed by atoms with van der Waals surface area (Å²) < 4.78 is 1.73. The van der Waals surface area contributed by atoms with Crippen LogP contribution in [0.3, 0.4) is 0 Å². The Kier molecular flexibility index (Phi) is 4.72. The zero-order valence-corrected chi connectivity index (χ0v) is 16.3. The number of carbonyl (C=O) groups excluding carboxylic acids is 1. The number of hydrogen-bond acceptors (Lipinski definition) is 3. The van der Waals surface area contributed by atoms with Crippen molar-refractivity contribution in [2.45, 2.75) is 39.0 Å². The normalized spacial score (nSPS) is 17.8. The largest absolute Gasteiger partial charge is 0.342 e. The van der Waals surface area contributed by atoms with Gasteiger partial charge in [-0.2, -0.15) is 5.10 Å². The number of aromatic nitrogens is 4. The highest BCUT2D eigenvalue weighted by atomic mass is 16.2. The van der Waals surface area contributed by atoms with E-state index in [0.29, 0.717) is 18.2 Å². The van der Waals surface area contributed by atoms with E-state index in [1.54, 1.807) is 4.68 Å². The van der Waals surface area contributed by atoms with Gasteiger partial charge in [-0.15, -0.1) is 0 Å². The highest BCUT2D eigenvalue weighted by Gasteiger charge is 2.29. The van der Waals surface area contributed by atoms with Crippen LogP contribution in [-0.2, 0) is 13.5 Å². The first-order chi connectivity index (χ1) is 13.0. The maximum Gasteiger partial charge on any atom is 0.272 e. The van der Waals surface area contributed by atoms with Gasteiger partial charge in [-0.05, 0) is 43.4 Å². The van der Waals surface area contributed by atoms with E-state index in [0.717, 1.165) is 48.4 Å². The Bertz CT molecular complexity index is 922. The number of hydrogen-bond donors (Lipinski definition) is 1. The van der Waals surface area contributed by atoms with E-state index in [2.05, 4.69) is 23.9 Å². The van der Waals surface area contributed by atoms with Crippen molar-refractivity contribution in [2.75, 3.05) is 13.1 Å². The molecule has 2 aromatic heterocycles. The van der Waals surface area contributed by atoms with Crippen molar-refractivity contribution in [1.82, 2.24) is 24.6 Å². The van der Waals surface area contributed by atoms with Gasteiger partial charge >= 0.3 is 0 Å². The molecule has 4 rings (SSSR count). The highest BCUT2D eigenvalue weighted by molar-refractivity contribution is 5.92. The number of H-pyrrole nitrogens is 1. The molecular formula is C21H27N5O. The number of nitrogens with zero attached hydrogens (tertiary/aromatic N) is 4. The summed E-state index contributed by atoms with van der Waals surface area (Å²) in [5, 5.41) is 4.52. The number of nitrogens with one attached hydrogen (secondary N) is 1. The Balaban J connectivity index is 1.52. The smallest absolute Gasteiger partial charge is 0.272 e. The van der Waals surface area contributed by atoms with Gasteiger partial charge in [-0.25, -0.2) is 4.98 Å². The van der Waals surface area contributed by atoms with Gasteiger partial charge in [0, 0.05) is 26.1 Å². The first-order valence-corrected chi connectivity index (χ1v) is 9.78. The van der Waals surface area contributed by atoms with Crippen molar-refractivity contribution < 1.29 is 4.79 Å². The molecule has 0 bridgehead atoms. The van der Waals surface area contributed by atoms with E-state index in [4.69, 9.17) is 4.98 Å². The Morgan fingerprint density at radius 1 is 1.33 bits per heavy atom. The van der Waals surface area contributed by atoms with Crippen LogP contribution in [0.5, 0.6) is 0 Å². The fourth-order valence-corrected chi connectivity index (χ4v) is 3.96. The summed E-state index contributed by atoms with van der Waals surface area (Å²) in [5.74, 6) is 1.83. The van der Waals surface area contributed by atoms with Crippen LogP contribution in [0.1, 0.15) is 54.6 Å². The lowest BCUT2D eigenvalue weighted by atomic mass is 9.97. The lowest BCUT2D eigenvalue weighted by molar-refractivity contribution is 0.0693. The summed E-state index contributed by atoms with van der Waals surface area (Å²) in [7, 11) is 1.86. The van der Waals surface area contributed by atoms with Crippen molar-refractivity contribution in [3.05, 3.63) is 47.5 Å². The fraction of sp³-hybridized carbons (Fsp3) is 0.476. The zero-order chi connectivity index (χ0) is 19.0. The minimum absolute atomic E-state index is 0.0702. The molecule has 1 N–H and O–H groups in total. The Morgan fingerprint density at radius 3 is 2.93 bits per heavy atom. The van der Waals surface area contributed by atoms with Gasteiger partial charge in [0.25, 0.3) is 5.91 Å². The van der Waals surface area contributed by atoms with Crippen molar-refractivity contribution in [3.63, 3.8) is 0 Å². The quantitative estimate of drug-likeness (QED) is 0.769. The van der Waals surface area contributed by atoms with E-state index in [-0.39, 0.29) is 11.8 Å².